The van der Waals surface area contributed by atoms with E-state index in [1.165, 1.54) is 11.1 Å². The van der Waals surface area contributed by atoms with Crippen molar-refractivity contribution in [3.63, 3.8) is 0 Å². The van der Waals surface area contributed by atoms with Crippen molar-refractivity contribution >= 4 is 17.7 Å². The van der Waals surface area contributed by atoms with E-state index in [0.29, 0.717) is 30.9 Å². The predicted octanol–water partition coefficient (Wildman–Crippen LogP) is 0.307. The van der Waals surface area contributed by atoms with Gasteiger partial charge < -0.3 is 20.4 Å². The molecule has 7 heteroatoms. The Balaban J connectivity index is 1.92. The summed E-state index contributed by atoms with van der Waals surface area (Å²) in [4.78, 5) is 27.8. The molecule has 2 heterocycles. The van der Waals surface area contributed by atoms with Crippen molar-refractivity contribution in [2.45, 2.75) is 18.9 Å². The molecule has 2 amide bonds. The monoisotopic (exact) mass is 265 g/mol. The summed E-state index contributed by atoms with van der Waals surface area (Å²) in [5.41, 5.74) is 0.933. The molecule has 1 saturated heterocycles. The van der Waals surface area contributed by atoms with E-state index in [9.17, 15) is 14.7 Å². The number of nitrogens with one attached hydrogen (secondary N) is 1. The first-order valence-corrected chi connectivity index (χ1v) is 5.95. The predicted molar refractivity (Wildman–Crippen MR) is 66.8 cm³/mol. The number of aliphatic carboxylic acids is 1. The van der Waals surface area contributed by atoms with Gasteiger partial charge in [0.25, 0.3) is 0 Å². The second-order valence-electron chi connectivity index (χ2n) is 4.43. The van der Waals surface area contributed by atoms with Crippen LogP contribution in [0.3, 0.4) is 0 Å². The standard InChI is InChI=1S/C12H15N3O4/c16-10-3-4-15(7-10)12(19)14-9-2-1-8(13-6-9)5-11(17)18/h1-2,6,10,16H,3-5,7H2,(H,14,19)(H,17,18). The lowest BCUT2D eigenvalue weighted by atomic mass is 10.2. The Bertz CT molecular complexity index is 474. The quantitative estimate of drug-likeness (QED) is 0.729. The summed E-state index contributed by atoms with van der Waals surface area (Å²) in [7, 11) is 0. The topological polar surface area (TPSA) is 103 Å². The van der Waals surface area contributed by atoms with E-state index in [1.54, 1.807) is 12.1 Å². The molecule has 1 aliphatic rings. The number of anilines is 1. The Morgan fingerprint density at radius 3 is 2.79 bits per heavy atom. The van der Waals surface area contributed by atoms with E-state index in [0.717, 1.165) is 0 Å². The summed E-state index contributed by atoms with van der Waals surface area (Å²) < 4.78 is 0. The number of rotatable bonds is 3. The maximum atomic E-state index is 11.8. The molecule has 19 heavy (non-hydrogen) atoms. The number of aromatic nitrogens is 1. The van der Waals surface area contributed by atoms with Gasteiger partial charge in [0, 0.05) is 13.1 Å². The summed E-state index contributed by atoms with van der Waals surface area (Å²) in [6, 6.07) is 2.88. The zero-order valence-electron chi connectivity index (χ0n) is 10.2. The molecule has 1 aliphatic heterocycles. The van der Waals surface area contributed by atoms with Gasteiger partial charge in [-0.1, -0.05) is 0 Å². The van der Waals surface area contributed by atoms with Gasteiger partial charge in [0.2, 0.25) is 0 Å². The number of hydrogen-bond donors (Lipinski definition) is 3. The fourth-order valence-electron chi connectivity index (χ4n) is 1.89. The molecule has 1 aromatic heterocycles. The van der Waals surface area contributed by atoms with Crippen molar-refractivity contribution in [3.05, 3.63) is 24.0 Å². The largest absolute Gasteiger partial charge is 0.481 e. The van der Waals surface area contributed by atoms with Crippen LogP contribution in [-0.2, 0) is 11.2 Å². The molecule has 102 valence electrons. The van der Waals surface area contributed by atoms with Crippen LogP contribution in [0.15, 0.2) is 18.3 Å². The summed E-state index contributed by atoms with van der Waals surface area (Å²) in [5.74, 6) is -0.949. The number of carboxylic acids is 1. The number of carbonyl (C=O) groups excluding carboxylic acids is 1. The molecular weight excluding hydrogens is 250 g/mol. The fraction of sp³-hybridized carbons (Fsp3) is 0.417. The molecule has 1 fully saturated rings. The molecular formula is C12H15N3O4. The first kappa shape index (κ1) is 13.3. The van der Waals surface area contributed by atoms with Gasteiger partial charge in [-0.3, -0.25) is 9.78 Å². The van der Waals surface area contributed by atoms with Crippen LogP contribution in [0.1, 0.15) is 12.1 Å². The summed E-state index contributed by atoms with van der Waals surface area (Å²) in [6.07, 6.45) is 1.40. The molecule has 0 aromatic carbocycles. The number of urea groups is 1. The van der Waals surface area contributed by atoms with E-state index in [2.05, 4.69) is 10.3 Å². The lowest BCUT2D eigenvalue weighted by molar-refractivity contribution is -0.136. The van der Waals surface area contributed by atoms with E-state index < -0.39 is 12.1 Å². The number of carboxylic acid groups (broad SMARTS) is 1. The number of nitrogens with zero attached hydrogens (tertiary/aromatic N) is 2. The van der Waals surface area contributed by atoms with Crippen molar-refractivity contribution in [1.82, 2.24) is 9.88 Å². The highest BCUT2D eigenvalue weighted by molar-refractivity contribution is 5.89. The van der Waals surface area contributed by atoms with Crippen molar-refractivity contribution in [2.24, 2.45) is 0 Å². The second-order valence-corrected chi connectivity index (χ2v) is 4.43. The second kappa shape index (κ2) is 5.66. The van der Waals surface area contributed by atoms with Crippen LogP contribution in [0.5, 0.6) is 0 Å². The Labute approximate surface area is 109 Å². The molecule has 2 rings (SSSR count). The van der Waals surface area contributed by atoms with Gasteiger partial charge in [-0.25, -0.2) is 4.79 Å². The number of β-amino-alcohol motifs (C(OH)–C–C–N with tert-alkyl or cyclic N) is 1. The number of carbonyl (C=O) groups is 2. The van der Waals surface area contributed by atoms with Crippen molar-refractivity contribution < 1.29 is 19.8 Å². The summed E-state index contributed by atoms with van der Waals surface area (Å²) in [5, 5.41) is 20.6. The minimum atomic E-state index is -0.949. The SMILES string of the molecule is O=C(O)Cc1ccc(NC(=O)N2CCC(O)C2)cn1. The Hall–Kier alpha value is -2.15. The fourth-order valence-corrected chi connectivity index (χ4v) is 1.89. The molecule has 0 saturated carbocycles. The molecule has 1 atom stereocenters. The minimum Gasteiger partial charge on any atom is -0.481 e. The normalized spacial score (nSPS) is 18.4. The number of amides is 2. The molecule has 0 aliphatic carbocycles. The Morgan fingerprint density at radius 2 is 2.26 bits per heavy atom. The smallest absolute Gasteiger partial charge is 0.321 e. The van der Waals surface area contributed by atoms with Gasteiger partial charge >= 0.3 is 12.0 Å². The summed E-state index contributed by atoms with van der Waals surface area (Å²) >= 11 is 0. The molecule has 1 aromatic rings. The molecule has 0 radical (unpaired) electrons. The minimum absolute atomic E-state index is 0.146. The molecule has 7 nitrogen and oxygen atoms in total. The number of aliphatic hydroxyl groups is 1. The van der Waals surface area contributed by atoms with Gasteiger partial charge in [-0.2, -0.15) is 0 Å². The molecule has 3 N–H and O–H groups in total. The van der Waals surface area contributed by atoms with Crippen LogP contribution < -0.4 is 5.32 Å². The van der Waals surface area contributed by atoms with Gasteiger partial charge in [0.1, 0.15) is 0 Å². The zero-order chi connectivity index (χ0) is 13.8. The third-order valence-electron chi connectivity index (χ3n) is 2.86. The lowest BCUT2D eigenvalue weighted by Gasteiger charge is -2.16. The molecule has 1 unspecified atom stereocenters. The van der Waals surface area contributed by atoms with E-state index in [1.807, 2.05) is 0 Å². The van der Waals surface area contributed by atoms with Crippen LogP contribution in [0, 0.1) is 0 Å². The highest BCUT2D eigenvalue weighted by Crippen LogP contribution is 2.12. The third kappa shape index (κ3) is 3.65. The number of likely N-dealkylation sites (tertiary alicyclic amines) is 1. The lowest BCUT2D eigenvalue weighted by Crippen LogP contribution is -2.33. The maximum Gasteiger partial charge on any atom is 0.321 e. The number of aliphatic hydroxyl groups excluding tert-OH is 1. The van der Waals surface area contributed by atoms with Crippen LogP contribution in [0.25, 0.3) is 0 Å². The van der Waals surface area contributed by atoms with Crippen LogP contribution >= 0.6 is 0 Å². The van der Waals surface area contributed by atoms with Crippen molar-refractivity contribution in [2.75, 3.05) is 18.4 Å². The maximum absolute atomic E-state index is 11.8. The van der Waals surface area contributed by atoms with Crippen LogP contribution in [0.4, 0.5) is 10.5 Å². The Morgan fingerprint density at radius 1 is 1.47 bits per heavy atom. The average Bonchev–Trinajstić information content (AvgIpc) is 2.78. The highest BCUT2D eigenvalue weighted by atomic mass is 16.4. The average molecular weight is 265 g/mol. The van der Waals surface area contributed by atoms with Crippen molar-refractivity contribution in [3.8, 4) is 0 Å². The van der Waals surface area contributed by atoms with Crippen LogP contribution in [0.2, 0.25) is 0 Å². The Kier molecular flexibility index (Phi) is 3.96. The van der Waals surface area contributed by atoms with E-state index >= 15 is 0 Å². The molecule has 0 spiro atoms. The summed E-state index contributed by atoms with van der Waals surface area (Å²) in [6.45, 7) is 0.855. The molecule has 0 bridgehead atoms. The number of pyridine rings is 1. The van der Waals surface area contributed by atoms with E-state index in [4.69, 9.17) is 5.11 Å². The highest BCUT2D eigenvalue weighted by Gasteiger charge is 2.24. The van der Waals surface area contributed by atoms with E-state index in [-0.39, 0.29) is 12.5 Å². The zero-order valence-corrected chi connectivity index (χ0v) is 10.2. The number of hydrogen-bond acceptors (Lipinski definition) is 4. The van der Waals surface area contributed by atoms with Gasteiger partial charge in [-0.05, 0) is 18.6 Å². The van der Waals surface area contributed by atoms with Gasteiger partial charge in [-0.15, -0.1) is 0 Å². The van der Waals surface area contributed by atoms with Crippen molar-refractivity contribution in [1.29, 1.82) is 0 Å². The van der Waals surface area contributed by atoms with Gasteiger partial charge in [0.15, 0.2) is 0 Å². The first-order chi connectivity index (χ1) is 9.04. The van der Waals surface area contributed by atoms with Gasteiger partial charge in [0.05, 0.1) is 30.1 Å². The van der Waals surface area contributed by atoms with Crippen LogP contribution in [-0.4, -0.2) is 51.3 Å². The first-order valence-electron chi connectivity index (χ1n) is 5.95. The third-order valence-corrected chi connectivity index (χ3v) is 2.86.